The number of hydrogen-bond acceptors (Lipinski definition) is 1. The molecule has 2 aromatic rings. The zero-order valence-corrected chi connectivity index (χ0v) is 10.5. The van der Waals surface area contributed by atoms with Crippen LogP contribution in [0.2, 0.25) is 0 Å². The normalized spacial score (nSPS) is 11.2. The van der Waals surface area contributed by atoms with Crippen molar-refractivity contribution < 1.29 is 13.5 Å². The summed E-state index contributed by atoms with van der Waals surface area (Å²) in [4.78, 5) is 0. The number of benzene rings is 2. The highest BCUT2D eigenvalue weighted by Gasteiger charge is 2.05. The van der Waals surface area contributed by atoms with Gasteiger partial charge in [-0.3, -0.25) is 0 Å². The van der Waals surface area contributed by atoms with E-state index < -0.39 is 6.43 Å². The minimum atomic E-state index is -2.44. The summed E-state index contributed by atoms with van der Waals surface area (Å²) in [6.07, 6.45) is 1.26. The molecule has 0 unspecified atom stereocenters. The van der Waals surface area contributed by atoms with Crippen molar-refractivity contribution >= 4 is 12.2 Å². The molecule has 3 heteroatoms. The topological polar surface area (TPSA) is 9.23 Å². The van der Waals surface area contributed by atoms with E-state index in [1.165, 1.54) is 12.1 Å². The fraction of sp³-hybridized carbons (Fsp3) is 0.125. The molecule has 0 aliphatic carbocycles. The molecule has 0 aromatic heterocycles. The number of rotatable bonds is 4. The Hall–Kier alpha value is -2.16. The minimum absolute atomic E-state index is 0.0388. The molecular weight excluding hydrogens is 246 g/mol. The first-order valence-corrected chi connectivity index (χ1v) is 5.89. The molecule has 0 saturated carbocycles. The summed E-state index contributed by atoms with van der Waals surface area (Å²) in [5.41, 5.74) is 1.79. The monoisotopic (exact) mass is 260 g/mol. The Morgan fingerprint density at radius 1 is 0.947 bits per heavy atom. The lowest BCUT2D eigenvalue weighted by molar-refractivity contribution is 0.151. The van der Waals surface area contributed by atoms with Crippen molar-refractivity contribution in [1.82, 2.24) is 0 Å². The molecule has 98 valence electrons. The van der Waals surface area contributed by atoms with Gasteiger partial charge in [0.1, 0.15) is 5.75 Å². The molecule has 0 N–H and O–H groups in total. The molecule has 2 aromatic carbocycles. The van der Waals surface area contributed by atoms with E-state index in [-0.39, 0.29) is 5.56 Å². The van der Waals surface area contributed by atoms with Gasteiger partial charge in [0.15, 0.2) is 0 Å². The highest BCUT2D eigenvalue weighted by Crippen LogP contribution is 2.20. The van der Waals surface area contributed by atoms with Crippen LogP contribution in [0.25, 0.3) is 12.2 Å². The molecule has 19 heavy (non-hydrogen) atoms. The van der Waals surface area contributed by atoms with Crippen LogP contribution in [0, 0.1) is 0 Å². The molecule has 0 spiro atoms. The average Bonchev–Trinajstić information content (AvgIpc) is 2.46. The Balaban J connectivity index is 2.15. The molecule has 0 atom stereocenters. The summed E-state index contributed by atoms with van der Waals surface area (Å²) in [7, 11) is 1.61. The molecule has 0 fully saturated rings. The van der Waals surface area contributed by atoms with Crippen LogP contribution >= 0.6 is 0 Å². The Labute approximate surface area is 111 Å². The van der Waals surface area contributed by atoms with Crippen LogP contribution in [0.15, 0.2) is 48.5 Å². The van der Waals surface area contributed by atoms with Gasteiger partial charge in [-0.25, -0.2) is 8.78 Å². The van der Waals surface area contributed by atoms with Gasteiger partial charge in [0.05, 0.1) is 7.11 Å². The van der Waals surface area contributed by atoms with E-state index in [9.17, 15) is 8.78 Å². The third-order valence-electron chi connectivity index (χ3n) is 2.75. The number of halogens is 2. The zero-order valence-electron chi connectivity index (χ0n) is 10.5. The van der Waals surface area contributed by atoms with E-state index in [4.69, 9.17) is 4.74 Å². The summed E-state index contributed by atoms with van der Waals surface area (Å²) in [5, 5.41) is 0. The van der Waals surface area contributed by atoms with Crippen LogP contribution in [-0.2, 0) is 0 Å². The first kappa shape index (κ1) is 13.3. The van der Waals surface area contributed by atoms with Crippen molar-refractivity contribution in [2.45, 2.75) is 6.43 Å². The number of methoxy groups -OCH3 is 1. The van der Waals surface area contributed by atoms with E-state index in [0.717, 1.165) is 16.9 Å². The van der Waals surface area contributed by atoms with Crippen molar-refractivity contribution in [2.24, 2.45) is 0 Å². The second-order valence-electron chi connectivity index (χ2n) is 4.08. The van der Waals surface area contributed by atoms with Crippen LogP contribution in [0.4, 0.5) is 8.78 Å². The largest absolute Gasteiger partial charge is 0.497 e. The first-order valence-electron chi connectivity index (χ1n) is 5.89. The smallest absolute Gasteiger partial charge is 0.263 e. The maximum absolute atomic E-state index is 12.6. The average molecular weight is 260 g/mol. The Morgan fingerprint density at radius 2 is 1.63 bits per heavy atom. The molecular formula is C16H14F2O. The van der Waals surface area contributed by atoms with Crippen molar-refractivity contribution in [3.63, 3.8) is 0 Å². The Kier molecular flexibility index (Phi) is 4.29. The van der Waals surface area contributed by atoms with Gasteiger partial charge in [-0.05, 0) is 29.3 Å². The molecule has 0 heterocycles. The van der Waals surface area contributed by atoms with Gasteiger partial charge in [-0.2, -0.15) is 0 Å². The van der Waals surface area contributed by atoms with Gasteiger partial charge < -0.3 is 4.74 Å². The van der Waals surface area contributed by atoms with Gasteiger partial charge in [0.25, 0.3) is 6.43 Å². The second kappa shape index (κ2) is 6.14. The maximum Gasteiger partial charge on any atom is 0.263 e. The van der Waals surface area contributed by atoms with Crippen molar-refractivity contribution in [2.75, 3.05) is 7.11 Å². The predicted octanol–water partition coefficient (Wildman–Crippen LogP) is 4.80. The summed E-state index contributed by atoms with van der Waals surface area (Å²) in [6, 6.07) is 13.9. The zero-order chi connectivity index (χ0) is 13.7. The second-order valence-corrected chi connectivity index (χ2v) is 4.08. The lowest BCUT2D eigenvalue weighted by Gasteiger charge is -2.01. The van der Waals surface area contributed by atoms with Crippen molar-refractivity contribution in [3.05, 3.63) is 65.2 Å². The SMILES string of the molecule is COc1ccc(/C=C/c2cccc(C(F)F)c2)cc1. The van der Waals surface area contributed by atoms with E-state index >= 15 is 0 Å². The molecule has 0 aliphatic rings. The predicted molar refractivity (Wildman–Crippen MR) is 73.3 cm³/mol. The fourth-order valence-electron chi connectivity index (χ4n) is 1.71. The molecule has 0 bridgehead atoms. The third kappa shape index (κ3) is 3.65. The standard InChI is InChI=1S/C16H14F2O/c1-19-15-9-7-12(8-10-15)5-6-13-3-2-4-14(11-13)16(17)18/h2-11,16H,1H3/b6-5+. The summed E-state index contributed by atoms with van der Waals surface area (Å²) in [6.45, 7) is 0. The minimum Gasteiger partial charge on any atom is -0.497 e. The van der Waals surface area contributed by atoms with E-state index in [1.54, 1.807) is 19.2 Å². The number of ether oxygens (including phenoxy) is 1. The van der Waals surface area contributed by atoms with E-state index in [1.807, 2.05) is 36.4 Å². The Bertz CT molecular complexity index is 559. The van der Waals surface area contributed by atoms with Gasteiger partial charge >= 0.3 is 0 Å². The molecule has 2 rings (SSSR count). The van der Waals surface area contributed by atoms with Gasteiger partial charge in [0, 0.05) is 5.56 Å². The number of hydrogen-bond donors (Lipinski definition) is 0. The van der Waals surface area contributed by atoms with Crippen LogP contribution < -0.4 is 4.74 Å². The van der Waals surface area contributed by atoms with Gasteiger partial charge in [-0.15, -0.1) is 0 Å². The molecule has 1 nitrogen and oxygen atoms in total. The van der Waals surface area contributed by atoms with Gasteiger partial charge in [-0.1, -0.05) is 42.5 Å². The summed E-state index contributed by atoms with van der Waals surface area (Å²) in [5.74, 6) is 0.789. The van der Waals surface area contributed by atoms with Gasteiger partial charge in [0.2, 0.25) is 0 Å². The van der Waals surface area contributed by atoms with E-state index in [0.29, 0.717) is 0 Å². The van der Waals surface area contributed by atoms with Crippen molar-refractivity contribution in [3.8, 4) is 5.75 Å². The highest BCUT2D eigenvalue weighted by molar-refractivity contribution is 5.70. The summed E-state index contributed by atoms with van der Waals surface area (Å²) >= 11 is 0. The molecule has 0 saturated heterocycles. The maximum atomic E-state index is 12.6. The van der Waals surface area contributed by atoms with Crippen LogP contribution in [0.1, 0.15) is 23.1 Å². The van der Waals surface area contributed by atoms with Crippen LogP contribution in [0.3, 0.4) is 0 Å². The quantitative estimate of drug-likeness (QED) is 0.717. The van der Waals surface area contributed by atoms with Crippen LogP contribution in [-0.4, -0.2) is 7.11 Å². The highest BCUT2D eigenvalue weighted by atomic mass is 19.3. The third-order valence-corrected chi connectivity index (χ3v) is 2.75. The molecule has 0 radical (unpaired) electrons. The fourth-order valence-corrected chi connectivity index (χ4v) is 1.71. The lowest BCUT2D eigenvalue weighted by atomic mass is 10.1. The Morgan fingerprint density at radius 3 is 2.26 bits per heavy atom. The van der Waals surface area contributed by atoms with Crippen LogP contribution in [0.5, 0.6) is 5.75 Å². The summed E-state index contributed by atoms with van der Waals surface area (Å²) < 4.78 is 30.2. The lowest BCUT2D eigenvalue weighted by Crippen LogP contribution is -1.84. The van der Waals surface area contributed by atoms with E-state index in [2.05, 4.69) is 0 Å². The van der Waals surface area contributed by atoms with Crippen molar-refractivity contribution in [1.29, 1.82) is 0 Å². The molecule has 0 aliphatic heterocycles. The first-order chi connectivity index (χ1) is 9.19. The molecule has 0 amide bonds. The number of alkyl halides is 2.